The van der Waals surface area contributed by atoms with Crippen molar-refractivity contribution in [1.82, 2.24) is 10.6 Å². The molecule has 4 rings (SSSR count). The van der Waals surface area contributed by atoms with Gasteiger partial charge in [0.25, 0.3) is 0 Å². The maximum absolute atomic E-state index is 13.0. The highest BCUT2D eigenvalue weighted by atomic mass is 35.5. The van der Waals surface area contributed by atoms with Gasteiger partial charge in [-0.3, -0.25) is 9.59 Å². The molecule has 0 aliphatic carbocycles. The van der Waals surface area contributed by atoms with Crippen molar-refractivity contribution < 1.29 is 28.3 Å². The second-order valence-electron chi connectivity index (χ2n) is 10.3. The molecule has 0 unspecified atom stereocenters. The summed E-state index contributed by atoms with van der Waals surface area (Å²) in [5.74, 6) is -1.42. The summed E-state index contributed by atoms with van der Waals surface area (Å²) in [4.78, 5) is 50.6. The van der Waals surface area contributed by atoms with E-state index in [-0.39, 0.29) is 19.3 Å². The predicted octanol–water partition coefficient (Wildman–Crippen LogP) is 5.15. The van der Waals surface area contributed by atoms with Crippen LogP contribution in [0.25, 0.3) is 21.9 Å². The van der Waals surface area contributed by atoms with E-state index < -0.39 is 35.5 Å². The zero-order chi connectivity index (χ0) is 29.8. The van der Waals surface area contributed by atoms with Crippen molar-refractivity contribution in [2.24, 2.45) is 0 Å². The van der Waals surface area contributed by atoms with Crippen LogP contribution in [0.2, 0.25) is 5.02 Å². The molecule has 0 saturated carbocycles. The van der Waals surface area contributed by atoms with Crippen LogP contribution in [0.1, 0.15) is 54.2 Å². The third kappa shape index (κ3) is 6.79. The Balaban J connectivity index is 1.45. The van der Waals surface area contributed by atoms with E-state index in [9.17, 15) is 24.3 Å². The van der Waals surface area contributed by atoms with Crippen LogP contribution in [-0.2, 0) is 27.2 Å². The highest BCUT2D eigenvalue weighted by molar-refractivity contribution is 6.30. The smallest absolute Gasteiger partial charge is 0.339 e. The van der Waals surface area contributed by atoms with Crippen LogP contribution in [0.5, 0.6) is 0 Å². The van der Waals surface area contributed by atoms with E-state index in [4.69, 9.17) is 20.4 Å². The molecular formula is C31H33ClN2O7. The molecular weight excluding hydrogens is 548 g/mol. The van der Waals surface area contributed by atoms with Crippen molar-refractivity contribution in [2.45, 2.75) is 71.9 Å². The average Bonchev–Trinajstić information content (AvgIpc) is 3.20. The number of fused-ring (bicyclic) bond motifs is 2. The second-order valence-corrected chi connectivity index (χ2v) is 10.7. The lowest BCUT2D eigenvalue weighted by Gasteiger charge is -2.21. The molecule has 0 aliphatic heterocycles. The minimum Gasteiger partial charge on any atom is -0.480 e. The van der Waals surface area contributed by atoms with Crippen LogP contribution in [-0.4, -0.2) is 35.0 Å². The summed E-state index contributed by atoms with van der Waals surface area (Å²) in [6.07, 6.45) is 1.03. The molecule has 0 radical (unpaired) electrons. The molecule has 216 valence electrons. The van der Waals surface area contributed by atoms with Crippen molar-refractivity contribution in [3.63, 3.8) is 0 Å². The Morgan fingerprint density at radius 1 is 0.927 bits per heavy atom. The number of aryl methyl sites for hydroxylation is 3. The van der Waals surface area contributed by atoms with E-state index in [1.165, 1.54) is 0 Å². The molecule has 0 fully saturated rings. The predicted molar refractivity (Wildman–Crippen MR) is 156 cm³/mol. The number of nitrogens with one attached hydrogen (secondary N) is 2. The zero-order valence-electron chi connectivity index (χ0n) is 23.4. The number of carboxylic acid groups (broad SMARTS) is 1. The number of furan rings is 1. The summed E-state index contributed by atoms with van der Waals surface area (Å²) in [6.45, 7) is 7.52. The number of hydrogen-bond acceptors (Lipinski definition) is 6. The van der Waals surface area contributed by atoms with Gasteiger partial charge in [0, 0.05) is 40.3 Å². The number of amides is 2. The lowest BCUT2D eigenvalue weighted by atomic mass is 10.00. The van der Waals surface area contributed by atoms with Crippen LogP contribution < -0.4 is 16.3 Å². The third-order valence-electron chi connectivity index (χ3n) is 7.38. The van der Waals surface area contributed by atoms with Gasteiger partial charge < -0.3 is 24.6 Å². The number of hydrogen-bond donors (Lipinski definition) is 3. The zero-order valence-corrected chi connectivity index (χ0v) is 24.2. The average molecular weight is 581 g/mol. The van der Waals surface area contributed by atoms with Gasteiger partial charge in [-0.25, -0.2) is 9.59 Å². The summed E-state index contributed by atoms with van der Waals surface area (Å²) < 4.78 is 11.3. The SMILES string of the molecule is CCC[C@@H](NC(=O)CCc1c(C)c2cc3c(C)c(C)oc3cc2oc1=O)C(=O)N[C@@H](Cc1ccc(Cl)cc1)C(=O)O. The number of halogens is 1. The lowest BCUT2D eigenvalue weighted by Crippen LogP contribution is -2.52. The number of benzene rings is 2. The minimum absolute atomic E-state index is 0.0518. The molecule has 3 N–H and O–H groups in total. The Morgan fingerprint density at radius 3 is 2.24 bits per heavy atom. The van der Waals surface area contributed by atoms with Gasteiger partial charge in [0.05, 0.1) is 0 Å². The van der Waals surface area contributed by atoms with Gasteiger partial charge in [-0.2, -0.15) is 0 Å². The molecule has 10 heteroatoms. The first-order chi connectivity index (χ1) is 19.5. The molecule has 41 heavy (non-hydrogen) atoms. The van der Waals surface area contributed by atoms with Crippen LogP contribution in [0, 0.1) is 20.8 Å². The van der Waals surface area contributed by atoms with Crippen LogP contribution in [0.3, 0.4) is 0 Å². The van der Waals surface area contributed by atoms with Gasteiger partial charge in [0.15, 0.2) is 0 Å². The largest absolute Gasteiger partial charge is 0.480 e. The van der Waals surface area contributed by atoms with Gasteiger partial charge >= 0.3 is 11.6 Å². The van der Waals surface area contributed by atoms with E-state index in [1.54, 1.807) is 30.3 Å². The molecule has 2 atom stereocenters. The van der Waals surface area contributed by atoms with Gasteiger partial charge in [0.1, 0.15) is 29.0 Å². The topological polar surface area (TPSA) is 139 Å². The van der Waals surface area contributed by atoms with Crippen molar-refractivity contribution >= 4 is 51.3 Å². The lowest BCUT2D eigenvalue weighted by molar-refractivity contribution is -0.142. The minimum atomic E-state index is -1.19. The van der Waals surface area contributed by atoms with Gasteiger partial charge in [-0.05, 0) is 68.5 Å². The monoisotopic (exact) mass is 580 g/mol. The molecule has 2 amide bonds. The Bertz CT molecular complexity index is 1670. The molecule has 4 aromatic rings. The van der Waals surface area contributed by atoms with E-state index in [0.29, 0.717) is 40.2 Å². The third-order valence-corrected chi connectivity index (χ3v) is 7.63. The Kier molecular flexibility index (Phi) is 9.18. The number of aliphatic carboxylic acids is 1. The van der Waals surface area contributed by atoms with E-state index >= 15 is 0 Å². The van der Waals surface area contributed by atoms with Crippen LogP contribution in [0.15, 0.2) is 50.0 Å². The van der Waals surface area contributed by atoms with Gasteiger partial charge in [0.2, 0.25) is 11.8 Å². The molecule has 2 aromatic heterocycles. The van der Waals surface area contributed by atoms with Crippen LogP contribution in [0.4, 0.5) is 0 Å². The Labute approximate surface area is 241 Å². The van der Waals surface area contributed by atoms with E-state index in [1.807, 2.05) is 33.8 Å². The van der Waals surface area contributed by atoms with Crippen molar-refractivity contribution in [3.05, 3.63) is 79.9 Å². The van der Waals surface area contributed by atoms with E-state index in [2.05, 4.69) is 10.6 Å². The standard InChI is InChI=1S/C31H33ClN2O7/c1-5-6-24(29(36)34-25(30(37)38)13-19-7-9-20(32)10-8-19)33-28(35)12-11-21-17(3)23-14-22-16(2)18(4)40-26(22)15-27(23)41-31(21)39/h7-10,14-15,24-25H,5-6,11-13H2,1-4H3,(H,33,35)(H,34,36)(H,37,38)/t24-,25+/m1/s1. The van der Waals surface area contributed by atoms with E-state index in [0.717, 1.165) is 27.7 Å². The molecule has 0 spiro atoms. The Morgan fingerprint density at radius 2 is 1.59 bits per heavy atom. The highest BCUT2D eigenvalue weighted by Gasteiger charge is 2.26. The molecule has 0 aliphatic rings. The summed E-state index contributed by atoms with van der Waals surface area (Å²) in [5, 5.41) is 17.1. The number of carboxylic acids is 1. The summed E-state index contributed by atoms with van der Waals surface area (Å²) >= 11 is 5.90. The first kappa shape index (κ1) is 29.9. The quantitative estimate of drug-likeness (QED) is 0.209. The number of carbonyl (C=O) groups excluding carboxylic acids is 2. The first-order valence-electron chi connectivity index (χ1n) is 13.5. The fourth-order valence-electron chi connectivity index (χ4n) is 4.91. The van der Waals surface area contributed by atoms with Crippen LogP contribution >= 0.6 is 11.6 Å². The molecule has 0 saturated heterocycles. The number of rotatable bonds is 11. The Hall–Kier alpha value is -4.11. The first-order valence-corrected chi connectivity index (χ1v) is 13.9. The highest BCUT2D eigenvalue weighted by Crippen LogP contribution is 2.31. The summed E-state index contributed by atoms with van der Waals surface area (Å²) in [5.41, 5.74) is 3.33. The second kappa shape index (κ2) is 12.6. The molecule has 2 heterocycles. The van der Waals surface area contributed by atoms with Gasteiger partial charge in [-0.15, -0.1) is 0 Å². The molecule has 2 aromatic carbocycles. The summed E-state index contributed by atoms with van der Waals surface area (Å²) in [6, 6.07) is 8.23. The van der Waals surface area contributed by atoms with Crippen molar-refractivity contribution in [3.8, 4) is 0 Å². The van der Waals surface area contributed by atoms with Gasteiger partial charge in [-0.1, -0.05) is 37.1 Å². The number of carbonyl (C=O) groups is 3. The maximum atomic E-state index is 13.0. The fourth-order valence-corrected chi connectivity index (χ4v) is 5.03. The normalized spacial score (nSPS) is 12.8. The summed E-state index contributed by atoms with van der Waals surface area (Å²) in [7, 11) is 0. The molecule has 9 nitrogen and oxygen atoms in total. The van der Waals surface area contributed by atoms with Crippen molar-refractivity contribution in [2.75, 3.05) is 0 Å². The maximum Gasteiger partial charge on any atom is 0.339 e. The van der Waals surface area contributed by atoms with Crippen molar-refractivity contribution in [1.29, 1.82) is 0 Å². The molecule has 0 bridgehead atoms. The fraction of sp³-hybridized carbons (Fsp3) is 0.355.